The molecule has 0 radical (unpaired) electrons. The van der Waals surface area contributed by atoms with Gasteiger partial charge in [-0.25, -0.2) is 0 Å². The van der Waals surface area contributed by atoms with Crippen LogP contribution in [0.2, 0.25) is 0 Å². The molecule has 1 aliphatic rings. The Bertz CT molecular complexity index is 872. The van der Waals surface area contributed by atoms with Gasteiger partial charge in [0.25, 0.3) is 0 Å². The largest absolute Gasteiger partial charge is 0.454 e. The van der Waals surface area contributed by atoms with Gasteiger partial charge in [0.2, 0.25) is 18.6 Å². The number of rotatable bonds is 8. The van der Waals surface area contributed by atoms with Gasteiger partial charge >= 0.3 is 0 Å². The number of nitrogens with one attached hydrogen (secondary N) is 1. The van der Waals surface area contributed by atoms with Crippen LogP contribution in [0, 0.1) is 0 Å². The molecule has 1 heterocycles. The highest BCUT2D eigenvalue weighted by Crippen LogP contribution is 2.32. The van der Waals surface area contributed by atoms with E-state index >= 15 is 0 Å². The number of carbonyl (C=O) groups excluding carboxylic acids is 2. The second kappa shape index (κ2) is 9.45. The molecule has 0 saturated heterocycles. The van der Waals surface area contributed by atoms with E-state index in [9.17, 15) is 9.59 Å². The number of ether oxygens (including phenoxy) is 2. The van der Waals surface area contributed by atoms with E-state index in [0.29, 0.717) is 24.6 Å². The normalized spacial score (nSPS) is 12.0. The van der Waals surface area contributed by atoms with E-state index in [-0.39, 0.29) is 25.0 Å². The SMILES string of the molecule is CCc1cccc(CC)c1NC(=O)CCN(Cc1ccc2c(c1)OCO2)C(C)=O. The van der Waals surface area contributed by atoms with Crippen LogP contribution in [-0.2, 0) is 29.0 Å². The van der Waals surface area contributed by atoms with E-state index in [1.807, 2.05) is 36.4 Å². The lowest BCUT2D eigenvalue weighted by atomic mass is 10.0. The fourth-order valence-corrected chi connectivity index (χ4v) is 3.45. The van der Waals surface area contributed by atoms with Gasteiger partial charge in [-0.05, 0) is 41.7 Å². The lowest BCUT2D eigenvalue weighted by Gasteiger charge is -2.21. The molecule has 0 unspecified atom stereocenters. The van der Waals surface area contributed by atoms with E-state index in [4.69, 9.17) is 9.47 Å². The van der Waals surface area contributed by atoms with E-state index in [1.54, 1.807) is 4.90 Å². The molecule has 1 N–H and O–H groups in total. The third kappa shape index (κ3) is 5.08. The van der Waals surface area contributed by atoms with E-state index < -0.39 is 0 Å². The molecule has 6 nitrogen and oxygen atoms in total. The summed E-state index contributed by atoms with van der Waals surface area (Å²) in [7, 11) is 0. The molecular formula is C23H28N2O4. The number of amides is 2. The first-order valence-electron chi connectivity index (χ1n) is 10.1. The van der Waals surface area contributed by atoms with Crippen molar-refractivity contribution < 1.29 is 19.1 Å². The molecule has 0 aromatic heterocycles. The minimum atomic E-state index is -0.0856. The fraction of sp³-hybridized carbons (Fsp3) is 0.391. The predicted molar refractivity (Wildman–Crippen MR) is 112 cm³/mol. The van der Waals surface area contributed by atoms with Gasteiger partial charge in [0.15, 0.2) is 11.5 Å². The number of hydrogen-bond donors (Lipinski definition) is 1. The highest BCUT2D eigenvalue weighted by atomic mass is 16.7. The van der Waals surface area contributed by atoms with Crippen LogP contribution in [0.3, 0.4) is 0 Å². The number of para-hydroxylation sites is 1. The van der Waals surface area contributed by atoms with Gasteiger partial charge in [0.1, 0.15) is 0 Å². The average Bonchev–Trinajstić information content (AvgIpc) is 3.18. The Morgan fingerprint density at radius 1 is 1.03 bits per heavy atom. The summed E-state index contributed by atoms with van der Waals surface area (Å²) in [5.41, 5.74) is 4.10. The van der Waals surface area contributed by atoms with Crippen molar-refractivity contribution in [2.24, 2.45) is 0 Å². The number of anilines is 1. The number of carbonyl (C=O) groups is 2. The molecule has 0 spiro atoms. The summed E-state index contributed by atoms with van der Waals surface area (Å²) in [4.78, 5) is 26.4. The van der Waals surface area contributed by atoms with Crippen LogP contribution in [0.4, 0.5) is 5.69 Å². The molecule has 29 heavy (non-hydrogen) atoms. The Labute approximate surface area is 171 Å². The number of nitrogens with zero attached hydrogens (tertiary/aromatic N) is 1. The van der Waals surface area contributed by atoms with Crippen molar-refractivity contribution in [3.05, 3.63) is 53.1 Å². The standard InChI is InChI=1S/C23H28N2O4/c1-4-18-7-6-8-19(5-2)23(18)24-22(27)11-12-25(16(3)26)14-17-9-10-20-21(13-17)29-15-28-20/h6-10,13H,4-5,11-12,14-15H2,1-3H3,(H,24,27). The van der Waals surface area contributed by atoms with E-state index in [2.05, 4.69) is 19.2 Å². The minimum Gasteiger partial charge on any atom is -0.454 e. The zero-order valence-corrected chi connectivity index (χ0v) is 17.3. The van der Waals surface area contributed by atoms with Crippen molar-refractivity contribution in [1.82, 2.24) is 4.90 Å². The number of aryl methyl sites for hydroxylation is 2. The van der Waals surface area contributed by atoms with Crippen molar-refractivity contribution in [1.29, 1.82) is 0 Å². The molecule has 0 fully saturated rings. The van der Waals surface area contributed by atoms with Gasteiger partial charge in [0.05, 0.1) is 0 Å². The molecule has 0 atom stereocenters. The Morgan fingerprint density at radius 3 is 2.38 bits per heavy atom. The molecule has 6 heteroatoms. The smallest absolute Gasteiger partial charge is 0.231 e. The predicted octanol–water partition coefficient (Wildman–Crippen LogP) is 3.92. The number of fused-ring (bicyclic) bond motifs is 1. The van der Waals surface area contributed by atoms with Crippen LogP contribution in [0.5, 0.6) is 11.5 Å². The summed E-state index contributed by atoms with van der Waals surface area (Å²) in [6, 6.07) is 11.7. The first kappa shape index (κ1) is 20.7. The second-order valence-corrected chi connectivity index (χ2v) is 7.08. The summed E-state index contributed by atoms with van der Waals surface area (Å²) < 4.78 is 10.7. The molecule has 3 rings (SSSR count). The number of benzene rings is 2. The maximum Gasteiger partial charge on any atom is 0.231 e. The number of hydrogen-bond acceptors (Lipinski definition) is 4. The third-order valence-electron chi connectivity index (χ3n) is 5.13. The Kier molecular flexibility index (Phi) is 6.75. The van der Waals surface area contributed by atoms with Gasteiger partial charge in [-0.2, -0.15) is 0 Å². The van der Waals surface area contributed by atoms with Crippen molar-refractivity contribution in [2.75, 3.05) is 18.7 Å². The van der Waals surface area contributed by atoms with Gasteiger partial charge in [-0.1, -0.05) is 38.1 Å². The zero-order chi connectivity index (χ0) is 20.8. The van der Waals surface area contributed by atoms with Gasteiger partial charge in [-0.3, -0.25) is 9.59 Å². The summed E-state index contributed by atoms with van der Waals surface area (Å²) in [6.45, 7) is 6.66. The van der Waals surface area contributed by atoms with Crippen molar-refractivity contribution in [3.8, 4) is 11.5 Å². The summed E-state index contributed by atoms with van der Waals surface area (Å²) in [6.07, 6.45) is 1.95. The maximum absolute atomic E-state index is 12.6. The van der Waals surface area contributed by atoms with Crippen molar-refractivity contribution in [2.45, 2.75) is 46.6 Å². The molecule has 154 valence electrons. The summed E-state index contributed by atoms with van der Waals surface area (Å²) in [5, 5.41) is 3.06. The molecular weight excluding hydrogens is 368 g/mol. The van der Waals surface area contributed by atoms with Crippen LogP contribution in [-0.4, -0.2) is 30.1 Å². The van der Waals surface area contributed by atoms with E-state index in [0.717, 1.165) is 35.2 Å². The van der Waals surface area contributed by atoms with Crippen LogP contribution >= 0.6 is 0 Å². The van der Waals surface area contributed by atoms with Crippen molar-refractivity contribution >= 4 is 17.5 Å². The zero-order valence-electron chi connectivity index (χ0n) is 17.3. The topological polar surface area (TPSA) is 67.9 Å². The lowest BCUT2D eigenvalue weighted by Crippen LogP contribution is -2.31. The molecule has 2 amide bonds. The van der Waals surface area contributed by atoms with Gasteiger partial charge in [-0.15, -0.1) is 0 Å². The van der Waals surface area contributed by atoms with E-state index in [1.165, 1.54) is 6.92 Å². The molecule has 2 aromatic carbocycles. The van der Waals surface area contributed by atoms with Crippen LogP contribution in [0.1, 0.15) is 43.9 Å². The van der Waals surface area contributed by atoms with Crippen LogP contribution in [0.15, 0.2) is 36.4 Å². The Balaban J connectivity index is 1.62. The molecule has 0 bridgehead atoms. The summed E-state index contributed by atoms with van der Waals surface area (Å²) >= 11 is 0. The Hall–Kier alpha value is -3.02. The first-order chi connectivity index (χ1) is 14.0. The second-order valence-electron chi connectivity index (χ2n) is 7.08. The molecule has 2 aromatic rings. The first-order valence-corrected chi connectivity index (χ1v) is 10.1. The molecule has 0 aliphatic carbocycles. The van der Waals surface area contributed by atoms with Crippen molar-refractivity contribution in [3.63, 3.8) is 0 Å². The molecule has 1 aliphatic heterocycles. The third-order valence-corrected chi connectivity index (χ3v) is 5.13. The average molecular weight is 396 g/mol. The Morgan fingerprint density at radius 2 is 1.72 bits per heavy atom. The molecule has 0 saturated carbocycles. The minimum absolute atomic E-state index is 0.0707. The lowest BCUT2D eigenvalue weighted by molar-refractivity contribution is -0.129. The maximum atomic E-state index is 12.6. The highest BCUT2D eigenvalue weighted by molar-refractivity contribution is 5.92. The van der Waals surface area contributed by atoms with Crippen LogP contribution < -0.4 is 14.8 Å². The highest BCUT2D eigenvalue weighted by Gasteiger charge is 2.17. The van der Waals surface area contributed by atoms with Gasteiger partial charge < -0.3 is 19.7 Å². The summed E-state index contributed by atoms with van der Waals surface area (Å²) in [5.74, 6) is 1.24. The fourth-order valence-electron chi connectivity index (χ4n) is 3.45. The van der Waals surface area contributed by atoms with Crippen LogP contribution in [0.25, 0.3) is 0 Å². The van der Waals surface area contributed by atoms with Gasteiger partial charge in [0, 0.05) is 32.1 Å². The monoisotopic (exact) mass is 396 g/mol. The quantitative estimate of drug-likeness (QED) is 0.734.